The Hall–Kier alpha value is -1.95. The van der Waals surface area contributed by atoms with Gasteiger partial charge >= 0.3 is 0 Å². The third kappa shape index (κ3) is 2.19. The van der Waals surface area contributed by atoms with Crippen molar-refractivity contribution in [2.45, 2.75) is 12.8 Å². The molecule has 0 saturated carbocycles. The minimum atomic E-state index is -0.388. The summed E-state index contributed by atoms with van der Waals surface area (Å²) in [5.74, 6) is 0.00333. The Bertz CT molecular complexity index is 487. The minimum absolute atomic E-state index is 0.00333. The van der Waals surface area contributed by atoms with E-state index in [1.54, 1.807) is 24.1 Å². The molecule has 0 radical (unpaired) electrons. The number of anilines is 1. The van der Waals surface area contributed by atoms with Crippen LogP contribution in [0.4, 0.5) is 11.4 Å². The van der Waals surface area contributed by atoms with Crippen molar-refractivity contribution >= 4 is 17.3 Å². The van der Waals surface area contributed by atoms with Gasteiger partial charge in [-0.1, -0.05) is 6.07 Å². The number of carbonyl (C=O) groups is 1. The smallest absolute Gasteiger partial charge is 0.274 e. The van der Waals surface area contributed by atoms with Crippen molar-refractivity contribution in [1.29, 1.82) is 0 Å². The number of nitro benzene ring substituents is 1. The van der Waals surface area contributed by atoms with Crippen molar-refractivity contribution in [3.8, 4) is 0 Å². The van der Waals surface area contributed by atoms with E-state index in [0.29, 0.717) is 37.2 Å². The zero-order valence-corrected chi connectivity index (χ0v) is 10.2. The van der Waals surface area contributed by atoms with Crippen LogP contribution in [0.1, 0.15) is 12.0 Å². The molecule has 0 saturated heterocycles. The highest BCUT2D eigenvalue weighted by atomic mass is 16.6. The molecule has 0 spiro atoms. The molecule has 0 aromatic heterocycles. The highest BCUT2D eigenvalue weighted by Gasteiger charge is 2.29. The summed E-state index contributed by atoms with van der Waals surface area (Å²) in [7, 11) is 1.79. The lowest BCUT2D eigenvalue weighted by molar-refractivity contribution is -0.385. The van der Waals surface area contributed by atoms with Crippen LogP contribution in [0.15, 0.2) is 18.2 Å². The fourth-order valence-corrected chi connectivity index (χ4v) is 2.21. The second-order valence-electron chi connectivity index (χ2n) is 4.18. The Kier molecular flexibility index (Phi) is 3.57. The second kappa shape index (κ2) is 5.14. The molecule has 1 aromatic carbocycles. The van der Waals surface area contributed by atoms with Crippen LogP contribution in [0.5, 0.6) is 0 Å². The minimum Gasteiger partial charge on any atom is -0.319 e. The van der Waals surface area contributed by atoms with E-state index in [0.717, 1.165) is 0 Å². The molecular weight excluding hydrogens is 234 g/mol. The van der Waals surface area contributed by atoms with Gasteiger partial charge in [-0.2, -0.15) is 0 Å². The number of nitro groups is 1. The predicted octanol–water partition coefficient (Wildman–Crippen LogP) is 1.09. The van der Waals surface area contributed by atoms with Gasteiger partial charge in [-0.3, -0.25) is 14.9 Å². The van der Waals surface area contributed by atoms with Crippen LogP contribution in [0.2, 0.25) is 0 Å². The van der Waals surface area contributed by atoms with Crippen LogP contribution in [0.3, 0.4) is 0 Å². The first-order valence-corrected chi connectivity index (χ1v) is 5.86. The summed E-state index contributed by atoms with van der Waals surface area (Å²) >= 11 is 0. The van der Waals surface area contributed by atoms with Gasteiger partial charge in [0, 0.05) is 25.6 Å². The molecule has 1 heterocycles. The van der Waals surface area contributed by atoms with E-state index in [2.05, 4.69) is 5.32 Å². The van der Waals surface area contributed by atoms with Crippen LogP contribution in [0, 0.1) is 10.1 Å². The molecule has 18 heavy (non-hydrogen) atoms. The Balaban J connectivity index is 2.26. The average Bonchev–Trinajstić information content (AvgIpc) is 2.79. The van der Waals surface area contributed by atoms with E-state index < -0.39 is 0 Å². The molecule has 1 aromatic rings. The lowest BCUT2D eigenvalue weighted by Crippen LogP contribution is -2.31. The molecule has 1 aliphatic rings. The van der Waals surface area contributed by atoms with Gasteiger partial charge < -0.3 is 10.2 Å². The van der Waals surface area contributed by atoms with Gasteiger partial charge in [0.05, 0.1) is 16.2 Å². The number of nitrogens with one attached hydrogen (secondary N) is 1. The number of carbonyl (C=O) groups excluding carboxylic acids is 1. The molecule has 96 valence electrons. The normalized spacial score (nSPS) is 13.5. The van der Waals surface area contributed by atoms with E-state index in [1.807, 2.05) is 0 Å². The number of fused-ring (bicyclic) bond motifs is 1. The van der Waals surface area contributed by atoms with Crippen LogP contribution in [0.25, 0.3) is 0 Å². The number of benzene rings is 1. The maximum atomic E-state index is 12.0. The van der Waals surface area contributed by atoms with Crippen molar-refractivity contribution in [2.24, 2.45) is 0 Å². The number of hydrogen-bond acceptors (Lipinski definition) is 4. The van der Waals surface area contributed by atoms with Crippen LogP contribution >= 0.6 is 0 Å². The van der Waals surface area contributed by atoms with Crippen molar-refractivity contribution < 1.29 is 9.72 Å². The molecule has 1 aliphatic heterocycles. The van der Waals surface area contributed by atoms with E-state index in [-0.39, 0.29) is 16.5 Å². The number of rotatable bonds is 4. The zero-order valence-electron chi connectivity index (χ0n) is 10.2. The van der Waals surface area contributed by atoms with Crippen LogP contribution in [-0.4, -0.2) is 31.0 Å². The van der Waals surface area contributed by atoms with Gasteiger partial charge in [0.2, 0.25) is 5.91 Å². The van der Waals surface area contributed by atoms with Gasteiger partial charge in [-0.15, -0.1) is 0 Å². The largest absolute Gasteiger partial charge is 0.319 e. The molecule has 0 unspecified atom stereocenters. The van der Waals surface area contributed by atoms with Crippen LogP contribution < -0.4 is 10.2 Å². The Morgan fingerprint density at radius 2 is 2.33 bits per heavy atom. The summed E-state index contributed by atoms with van der Waals surface area (Å²) in [5, 5.41) is 13.8. The Morgan fingerprint density at radius 3 is 3.00 bits per heavy atom. The van der Waals surface area contributed by atoms with Crippen LogP contribution in [-0.2, 0) is 11.2 Å². The van der Waals surface area contributed by atoms with Gasteiger partial charge in [-0.05, 0) is 19.5 Å². The molecule has 6 nitrogen and oxygen atoms in total. The summed E-state index contributed by atoms with van der Waals surface area (Å²) in [5.41, 5.74) is 1.46. The summed E-state index contributed by atoms with van der Waals surface area (Å²) in [6, 6.07) is 4.88. The van der Waals surface area contributed by atoms with Crippen molar-refractivity contribution in [1.82, 2.24) is 5.32 Å². The second-order valence-corrected chi connectivity index (χ2v) is 4.18. The zero-order chi connectivity index (χ0) is 13.1. The lowest BCUT2D eigenvalue weighted by Gasteiger charge is -2.16. The van der Waals surface area contributed by atoms with E-state index in [9.17, 15) is 14.9 Å². The van der Waals surface area contributed by atoms with E-state index in [1.165, 1.54) is 6.07 Å². The Labute approximate surface area is 105 Å². The van der Waals surface area contributed by atoms with E-state index in [4.69, 9.17) is 0 Å². The number of nitrogens with zero attached hydrogens (tertiary/aromatic N) is 2. The standard InChI is InChI=1S/C12H15N3O3/c1-13-7-5-12(16)14-8-6-9-10(14)3-2-4-11(9)15(17)18/h2-4,13H,5-8H2,1H3. The first-order chi connectivity index (χ1) is 8.65. The summed E-state index contributed by atoms with van der Waals surface area (Å²) in [4.78, 5) is 24.1. The number of amides is 1. The molecule has 2 rings (SSSR count). The first-order valence-electron chi connectivity index (χ1n) is 5.86. The highest BCUT2D eigenvalue weighted by Crippen LogP contribution is 2.34. The maximum absolute atomic E-state index is 12.0. The van der Waals surface area contributed by atoms with Gasteiger partial charge in [-0.25, -0.2) is 0 Å². The third-order valence-corrected chi connectivity index (χ3v) is 3.09. The summed E-state index contributed by atoms with van der Waals surface area (Å²) < 4.78 is 0. The summed E-state index contributed by atoms with van der Waals surface area (Å²) in [6.45, 7) is 1.14. The third-order valence-electron chi connectivity index (χ3n) is 3.09. The van der Waals surface area contributed by atoms with Gasteiger partial charge in [0.25, 0.3) is 5.69 Å². The number of hydrogen-bond donors (Lipinski definition) is 1. The molecule has 0 atom stereocenters. The molecule has 0 aliphatic carbocycles. The van der Waals surface area contributed by atoms with Gasteiger partial charge in [0.1, 0.15) is 0 Å². The molecule has 1 N–H and O–H groups in total. The topological polar surface area (TPSA) is 75.5 Å². The lowest BCUT2D eigenvalue weighted by atomic mass is 10.1. The predicted molar refractivity (Wildman–Crippen MR) is 67.7 cm³/mol. The molecule has 0 bridgehead atoms. The van der Waals surface area contributed by atoms with Crippen molar-refractivity contribution in [3.05, 3.63) is 33.9 Å². The molecule has 0 fully saturated rings. The van der Waals surface area contributed by atoms with Crippen molar-refractivity contribution in [3.63, 3.8) is 0 Å². The maximum Gasteiger partial charge on any atom is 0.274 e. The monoisotopic (exact) mass is 249 g/mol. The summed E-state index contributed by atoms with van der Waals surface area (Å²) in [6.07, 6.45) is 0.955. The van der Waals surface area contributed by atoms with Crippen molar-refractivity contribution in [2.75, 3.05) is 25.0 Å². The highest BCUT2D eigenvalue weighted by molar-refractivity contribution is 5.96. The first kappa shape index (κ1) is 12.5. The average molecular weight is 249 g/mol. The SMILES string of the molecule is CNCCC(=O)N1CCc2c1cccc2[N+](=O)[O-]. The molecule has 6 heteroatoms. The van der Waals surface area contributed by atoms with Gasteiger partial charge in [0.15, 0.2) is 0 Å². The fraction of sp³-hybridized carbons (Fsp3) is 0.417. The van der Waals surface area contributed by atoms with E-state index >= 15 is 0 Å². The quantitative estimate of drug-likeness (QED) is 0.640. The fourth-order valence-electron chi connectivity index (χ4n) is 2.21. The molecule has 1 amide bonds. The molecular formula is C12H15N3O3. The Morgan fingerprint density at radius 1 is 1.56 bits per heavy atom.